The van der Waals surface area contributed by atoms with E-state index >= 15 is 0 Å². The Morgan fingerprint density at radius 2 is 1.78 bits per heavy atom. The minimum absolute atomic E-state index is 0.276. The van der Waals surface area contributed by atoms with Crippen LogP contribution < -0.4 is 10.0 Å². The molecule has 0 bridgehead atoms. The van der Waals surface area contributed by atoms with Crippen LogP contribution in [0.25, 0.3) is 16.6 Å². The number of benzene rings is 2. The van der Waals surface area contributed by atoms with Crippen molar-refractivity contribution in [3.63, 3.8) is 0 Å². The molecule has 0 atom stereocenters. The molecular formula is C28H29BrN4O3S. The molecule has 0 unspecified atom stereocenters. The number of hydrogen-bond donors (Lipinski definition) is 3. The molecule has 37 heavy (non-hydrogen) atoms. The van der Waals surface area contributed by atoms with E-state index in [1.165, 1.54) is 0 Å². The number of sulfonamides is 1. The Morgan fingerprint density at radius 3 is 2.62 bits per heavy atom. The number of aliphatic hydroxyl groups excluding tert-OH is 1. The van der Waals surface area contributed by atoms with Gasteiger partial charge in [0.05, 0.1) is 21.3 Å². The largest absolute Gasteiger partial charge is 0.508 e. The van der Waals surface area contributed by atoms with Gasteiger partial charge in [0.15, 0.2) is 0 Å². The molecule has 1 aliphatic carbocycles. The van der Waals surface area contributed by atoms with Crippen LogP contribution >= 0.6 is 15.9 Å². The Kier molecular flexibility index (Phi) is 7.64. The van der Waals surface area contributed by atoms with Crippen molar-refractivity contribution in [3.05, 3.63) is 100 Å². The first-order chi connectivity index (χ1) is 17.9. The monoisotopic (exact) mass is 580 g/mol. The fraction of sp³-hybridized carbons (Fsp3) is 0.250. The zero-order valence-electron chi connectivity index (χ0n) is 20.3. The summed E-state index contributed by atoms with van der Waals surface area (Å²) in [6, 6.07) is 12.9. The van der Waals surface area contributed by atoms with Gasteiger partial charge in [-0.05, 0) is 82.2 Å². The lowest BCUT2D eigenvalue weighted by Crippen LogP contribution is -2.26. The van der Waals surface area contributed by atoms with Gasteiger partial charge in [0.1, 0.15) is 11.6 Å². The maximum Gasteiger partial charge on any atom is 0.240 e. The molecule has 2 aromatic carbocycles. The number of hydrogen-bond acceptors (Lipinski definition) is 5. The van der Waals surface area contributed by atoms with Crippen LogP contribution in [0.15, 0.2) is 99.2 Å². The molecule has 0 saturated heterocycles. The van der Waals surface area contributed by atoms with Crippen LogP contribution in [-0.2, 0) is 16.4 Å². The Hall–Kier alpha value is -3.14. The quantitative estimate of drug-likeness (QED) is 0.287. The van der Waals surface area contributed by atoms with Gasteiger partial charge in [-0.1, -0.05) is 42.5 Å². The standard InChI is InChI=1S/C28H29BrN4O3S/c29-25-19-31-33-26(25)14-12-22(24-9-3-4-10-27(24)34)18-28(33)30-15-5-6-16-32-37(35,36)23-13-11-20-7-1-2-8-21(20)17-23/h1-2,7-13,17-19,30,32,34H,3-6,14-16H2. The Balaban J connectivity index is 1.19. The van der Waals surface area contributed by atoms with Crippen LogP contribution in [-0.4, -0.2) is 36.4 Å². The summed E-state index contributed by atoms with van der Waals surface area (Å²) in [6.45, 7) is 1.000. The van der Waals surface area contributed by atoms with Gasteiger partial charge in [-0.15, -0.1) is 0 Å². The van der Waals surface area contributed by atoms with E-state index in [0.29, 0.717) is 31.7 Å². The highest BCUT2D eigenvalue weighted by Crippen LogP contribution is 2.30. The Morgan fingerprint density at radius 1 is 1.00 bits per heavy atom. The molecule has 192 valence electrons. The highest BCUT2D eigenvalue weighted by atomic mass is 79.9. The number of halogens is 1. The highest BCUT2D eigenvalue weighted by molar-refractivity contribution is 9.10. The number of nitrogens with zero attached hydrogens (tertiary/aromatic N) is 2. The molecule has 1 aliphatic heterocycles. The topological polar surface area (TPSA) is 96.2 Å². The van der Waals surface area contributed by atoms with Crippen molar-refractivity contribution >= 4 is 42.5 Å². The molecule has 3 N–H and O–H groups in total. The third kappa shape index (κ3) is 5.74. The molecule has 0 radical (unpaired) electrons. The molecule has 0 amide bonds. The smallest absolute Gasteiger partial charge is 0.240 e. The maximum atomic E-state index is 12.8. The predicted molar refractivity (Wildman–Crippen MR) is 150 cm³/mol. The second-order valence-electron chi connectivity index (χ2n) is 9.07. The molecule has 0 saturated carbocycles. The molecule has 1 aromatic heterocycles. The van der Waals surface area contributed by atoms with Crippen molar-refractivity contribution in [2.24, 2.45) is 0 Å². The summed E-state index contributed by atoms with van der Waals surface area (Å²) in [5, 5.41) is 20.3. The number of nitrogens with one attached hydrogen (secondary N) is 2. The van der Waals surface area contributed by atoms with E-state index in [2.05, 4.69) is 43.2 Å². The third-order valence-electron chi connectivity index (χ3n) is 6.53. The lowest BCUT2D eigenvalue weighted by molar-refractivity contribution is 0.419. The van der Waals surface area contributed by atoms with E-state index in [4.69, 9.17) is 0 Å². The molecule has 2 aliphatic rings. The molecule has 5 rings (SSSR count). The molecule has 2 heterocycles. The van der Waals surface area contributed by atoms with Gasteiger partial charge >= 0.3 is 0 Å². The van der Waals surface area contributed by atoms with Crippen LogP contribution in [0.3, 0.4) is 0 Å². The van der Waals surface area contributed by atoms with Crippen molar-refractivity contribution in [1.29, 1.82) is 0 Å². The second-order valence-corrected chi connectivity index (χ2v) is 11.7. The summed E-state index contributed by atoms with van der Waals surface area (Å²) in [5.74, 6) is 1.13. The zero-order chi connectivity index (χ0) is 25.8. The average molecular weight is 582 g/mol. The summed E-state index contributed by atoms with van der Waals surface area (Å²) in [7, 11) is -3.57. The average Bonchev–Trinajstić information content (AvgIpc) is 3.16. The van der Waals surface area contributed by atoms with Crippen molar-refractivity contribution in [2.75, 3.05) is 13.1 Å². The van der Waals surface area contributed by atoms with E-state index in [1.807, 2.05) is 47.2 Å². The van der Waals surface area contributed by atoms with Gasteiger partial charge in [-0.3, -0.25) is 0 Å². The van der Waals surface area contributed by atoms with Crippen LogP contribution in [0.1, 0.15) is 31.4 Å². The third-order valence-corrected chi connectivity index (χ3v) is 8.65. The number of aliphatic hydroxyl groups is 1. The van der Waals surface area contributed by atoms with Crippen LogP contribution in [0.2, 0.25) is 0 Å². The number of unbranched alkanes of at least 4 members (excludes halogenated alkanes) is 1. The molecule has 0 spiro atoms. The van der Waals surface area contributed by atoms with Crippen LogP contribution in [0.5, 0.6) is 0 Å². The van der Waals surface area contributed by atoms with Crippen LogP contribution in [0.4, 0.5) is 0 Å². The van der Waals surface area contributed by atoms with Crippen molar-refractivity contribution < 1.29 is 13.5 Å². The first kappa shape index (κ1) is 25.5. The minimum atomic E-state index is -3.57. The Bertz CT molecular complexity index is 1550. The second kappa shape index (κ2) is 11.1. The Labute approximate surface area is 225 Å². The maximum absolute atomic E-state index is 12.8. The van der Waals surface area contributed by atoms with E-state index in [9.17, 15) is 13.5 Å². The number of allylic oxidation sites excluding steroid dienone is 5. The number of aromatic nitrogens is 2. The van der Waals surface area contributed by atoms with Gasteiger partial charge in [0.2, 0.25) is 10.0 Å². The fourth-order valence-corrected chi connectivity index (χ4v) is 6.08. The molecular weight excluding hydrogens is 552 g/mol. The summed E-state index contributed by atoms with van der Waals surface area (Å²) in [4.78, 5) is 0.276. The first-order valence-electron chi connectivity index (χ1n) is 12.4. The van der Waals surface area contributed by atoms with Crippen molar-refractivity contribution in [1.82, 2.24) is 19.8 Å². The lowest BCUT2D eigenvalue weighted by atomic mass is 9.96. The van der Waals surface area contributed by atoms with E-state index in [0.717, 1.165) is 57.2 Å². The van der Waals surface area contributed by atoms with Crippen LogP contribution in [0, 0.1) is 0 Å². The van der Waals surface area contributed by atoms with Gasteiger partial charge in [-0.2, -0.15) is 5.10 Å². The summed E-state index contributed by atoms with van der Waals surface area (Å²) < 4.78 is 31.0. The number of rotatable bonds is 9. The van der Waals surface area contributed by atoms with Crippen molar-refractivity contribution in [3.8, 4) is 0 Å². The fourth-order valence-electron chi connectivity index (χ4n) is 4.55. The SMILES string of the molecule is O=S(=O)(NCCCCNC1=CC(C2=CCCC=C2O)=CCc2c(Br)cnn21)c1ccc2ccccc2c1. The molecule has 7 nitrogen and oxygen atoms in total. The molecule has 0 fully saturated rings. The summed E-state index contributed by atoms with van der Waals surface area (Å²) in [5.41, 5.74) is 2.82. The van der Waals surface area contributed by atoms with Gasteiger partial charge in [0, 0.05) is 25.1 Å². The molecule has 9 heteroatoms. The predicted octanol–water partition coefficient (Wildman–Crippen LogP) is 5.59. The lowest BCUT2D eigenvalue weighted by Gasteiger charge is -2.15. The minimum Gasteiger partial charge on any atom is -0.508 e. The normalized spacial score (nSPS) is 15.8. The summed E-state index contributed by atoms with van der Waals surface area (Å²) in [6.07, 6.45) is 13.7. The van der Waals surface area contributed by atoms with Gasteiger partial charge < -0.3 is 10.4 Å². The molecule has 3 aromatic rings. The van der Waals surface area contributed by atoms with Gasteiger partial charge in [0.25, 0.3) is 0 Å². The van der Waals surface area contributed by atoms with Gasteiger partial charge in [-0.25, -0.2) is 17.8 Å². The van der Waals surface area contributed by atoms with E-state index in [1.54, 1.807) is 18.3 Å². The van der Waals surface area contributed by atoms with E-state index < -0.39 is 10.0 Å². The zero-order valence-corrected chi connectivity index (χ0v) is 22.7. The summed E-state index contributed by atoms with van der Waals surface area (Å²) >= 11 is 3.59. The van der Waals surface area contributed by atoms with Crippen molar-refractivity contribution in [2.45, 2.75) is 37.0 Å². The van der Waals surface area contributed by atoms with E-state index in [-0.39, 0.29) is 4.90 Å². The number of fused-ring (bicyclic) bond motifs is 2. The first-order valence-corrected chi connectivity index (χ1v) is 14.7. The highest BCUT2D eigenvalue weighted by Gasteiger charge is 2.19.